The molecule has 0 saturated carbocycles. The third-order valence-corrected chi connectivity index (χ3v) is 2.78. The molecule has 3 aromatic rings. The van der Waals surface area contributed by atoms with Gasteiger partial charge in [0, 0.05) is 18.3 Å². The van der Waals surface area contributed by atoms with Gasteiger partial charge in [0.25, 0.3) is 5.69 Å². The summed E-state index contributed by atoms with van der Waals surface area (Å²) in [7, 11) is 0. The van der Waals surface area contributed by atoms with Crippen molar-refractivity contribution >= 4 is 17.2 Å². The molecule has 0 fully saturated rings. The molecule has 0 radical (unpaired) electrons. The summed E-state index contributed by atoms with van der Waals surface area (Å²) in [5.74, 6) is 0.563. The van der Waals surface area contributed by atoms with Gasteiger partial charge in [0.15, 0.2) is 5.65 Å². The summed E-state index contributed by atoms with van der Waals surface area (Å²) in [6, 6.07) is 6.64. The largest absolute Gasteiger partial charge is 0.364 e. The van der Waals surface area contributed by atoms with Gasteiger partial charge < -0.3 is 5.32 Å². The van der Waals surface area contributed by atoms with Crippen LogP contribution in [0.3, 0.4) is 0 Å². The van der Waals surface area contributed by atoms with Crippen molar-refractivity contribution in [1.82, 2.24) is 19.6 Å². The number of nitro groups is 1. The van der Waals surface area contributed by atoms with Crippen molar-refractivity contribution in [2.45, 2.75) is 6.54 Å². The fourth-order valence-corrected chi connectivity index (χ4v) is 1.80. The number of fused-ring (bicyclic) bond motifs is 1. The number of rotatable bonds is 4. The Morgan fingerprint density at radius 2 is 2.10 bits per heavy atom. The molecule has 0 unspecified atom stereocenters. The second-order valence-electron chi connectivity index (χ2n) is 4.05. The number of aromatic nitrogens is 4. The van der Waals surface area contributed by atoms with Crippen molar-refractivity contribution in [3.05, 3.63) is 58.7 Å². The topological polar surface area (TPSA) is 98.2 Å². The SMILES string of the molecule is O=[N+]([O-])c1ccc(NCc2ccnc3ccnn23)nc1. The Balaban J connectivity index is 1.76. The van der Waals surface area contributed by atoms with Gasteiger partial charge in [-0.1, -0.05) is 0 Å². The average Bonchev–Trinajstić information content (AvgIpc) is 2.94. The first-order valence-corrected chi connectivity index (χ1v) is 5.86. The molecule has 0 saturated heterocycles. The third kappa shape index (κ3) is 2.26. The highest BCUT2D eigenvalue weighted by Gasteiger charge is 2.06. The van der Waals surface area contributed by atoms with E-state index in [1.54, 1.807) is 23.0 Å². The molecule has 0 bridgehead atoms. The third-order valence-electron chi connectivity index (χ3n) is 2.78. The molecule has 0 aliphatic rings. The van der Waals surface area contributed by atoms with Crippen LogP contribution in [0.1, 0.15) is 5.69 Å². The zero-order valence-electron chi connectivity index (χ0n) is 10.3. The zero-order valence-corrected chi connectivity index (χ0v) is 10.3. The molecule has 3 rings (SSSR count). The van der Waals surface area contributed by atoms with Gasteiger partial charge in [0.2, 0.25) is 0 Å². The molecule has 0 amide bonds. The summed E-state index contributed by atoms with van der Waals surface area (Å²) in [5, 5.41) is 17.8. The fourth-order valence-electron chi connectivity index (χ4n) is 1.80. The van der Waals surface area contributed by atoms with E-state index in [-0.39, 0.29) is 5.69 Å². The summed E-state index contributed by atoms with van der Waals surface area (Å²) in [6.45, 7) is 0.492. The average molecular weight is 270 g/mol. The van der Waals surface area contributed by atoms with E-state index in [1.807, 2.05) is 12.1 Å². The van der Waals surface area contributed by atoms with Crippen LogP contribution in [0.15, 0.2) is 42.9 Å². The number of nitrogens with zero attached hydrogens (tertiary/aromatic N) is 5. The van der Waals surface area contributed by atoms with Gasteiger partial charge in [0.05, 0.1) is 23.4 Å². The lowest BCUT2D eigenvalue weighted by Crippen LogP contribution is -2.07. The smallest absolute Gasteiger partial charge is 0.287 e. The van der Waals surface area contributed by atoms with Gasteiger partial charge in [0.1, 0.15) is 12.0 Å². The lowest BCUT2D eigenvalue weighted by atomic mass is 10.3. The van der Waals surface area contributed by atoms with E-state index in [1.165, 1.54) is 12.3 Å². The molecule has 20 heavy (non-hydrogen) atoms. The van der Waals surface area contributed by atoms with Gasteiger partial charge in [-0.05, 0) is 12.1 Å². The van der Waals surface area contributed by atoms with Gasteiger partial charge in [-0.25, -0.2) is 14.5 Å². The summed E-state index contributed by atoms with van der Waals surface area (Å²) in [4.78, 5) is 18.2. The standard InChI is InChI=1S/C12H10N6O2/c19-18(20)10-1-2-11(15-8-10)14-7-9-3-5-13-12-4-6-16-17(9)12/h1-6,8H,7H2,(H,14,15). The van der Waals surface area contributed by atoms with Gasteiger partial charge in [-0.15, -0.1) is 0 Å². The van der Waals surface area contributed by atoms with E-state index in [4.69, 9.17) is 0 Å². The number of pyridine rings is 1. The molecule has 100 valence electrons. The Morgan fingerprint density at radius 3 is 2.85 bits per heavy atom. The summed E-state index contributed by atoms with van der Waals surface area (Å²) < 4.78 is 1.72. The molecule has 0 spiro atoms. The quantitative estimate of drug-likeness (QED) is 0.571. The van der Waals surface area contributed by atoms with Gasteiger partial charge >= 0.3 is 0 Å². The minimum absolute atomic E-state index is 0.0334. The van der Waals surface area contributed by atoms with Gasteiger partial charge in [-0.3, -0.25) is 10.1 Å². The molecule has 0 aliphatic carbocycles. The number of hydrogen-bond acceptors (Lipinski definition) is 6. The normalized spacial score (nSPS) is 10.6. The van der Waals surface area contributed by atoms with Crippen molar-refractivity contribution in [2.24, 2.45) is 0 Å². The van der Waals surface area contributed by atoms with Crippen molar-refractivity contribution < 1.29 is 4.92 Å². The summed E-state index contributed by atoms with van der Waals surface area (Å²) >= 11 is 0. The maximum atomic E-state index is 10.5. The summed E-state index contributed by atoms with van der Waals surface area (Å²) in [6.07, 6.45) is 4.60. The Labute approximate surface area is 113 Å². The van der Waals surface area contributed by atoms with Crippen LogP contribution in [0.2, 0.25) is 0 Å². The molecule has 1 N–H and O–H groups in total. The molecule has 0 aromatic carbocycles. The van der Waals surface area contributed by atoms with Crippen molar-refractivity contribution in [1.29, 1.82) is 0 Å². The first-order chi connectivity index (χ1) is 9.74. The lowest BCUT2D eigenvalue weighted by Gasteiger charge is -2.06. The van der Waals surface area contributed by atoms with E-state index in [0.717, 1.165) is 11.3 Å². The molecular formula is C12H10N6O2. The van der Waals surface area contributed by atoms with E-state index >= 15 is 0 Å². The van der Waals surface area contributed by atoms with Crippen LogP contribution >= 0.6 is 0 Å². The fraction of sp³-hybridized carbons (Fsp3) is 0.0833. The molecule has 8 heteroatoms. The van der Waals surface area contributed by atoms with Crippen molar-refractivity contribution in [3.63, 3.8) is 0 Å². The molecule has 0 atom stereocenters. The Morgan fingerprint density at radius 1 is 1.20 bits per heavy atom. The van der Waals surface area contributed by atoms with Crippen LogP contribution in [-0.2, 0) is 6.54 Å². The first-order valence-electron chi connectivity index (χ1n) is 5.86. The number of nitrogens with one attached hydrogen (secondary N) is 1. The Bertz CT molecular complexity index is 752. The highest BCUT2D eigenvalue weighted by atomic mass is 16.6. The highest BCUT2D eigenvalue weighted by molar-refractivity contribution is 5.41. The van der Waals surface area contributed by atoms with Crippen LogP contribution in [0.4, 0.5) is 11.5 Å². The second kappa shape index (κ2) is 4.92. The van der Waals surface area contributed by atoms with Crippen LogP contribution < -0.4 is 5.32 Å². The lowest BCUT2D eigenvalue weighted by molar-refractivity contribution is -0.385. The molecular weight excluding hydrogens is 260 g/mol. The monoisotopic (exact) mass is 270 g/mol. The number of hydrogen-bond donors (Lipinski definition) is 1. The summed E-state index contributed by atoms with van der Waals surface area (Å²) in [5.41, 5.74) is 1.65. The molecule has 3 aromatic heterocycles. The first kappa shape index (κ1) is 12.0. The van der Waals surface area contributed by atoms with Crippen molar-refractivity contribution in [3.8, 4) is 0 Å². The van der Waals surface area contributed by atoms with Gasteiger partial charge in [-0.2, -0.15) is 5.10 Å². The van der Waals surface area contributed by atoms with E-state index < -0.39 is 4.92 Å². The minimum Gasteiger partial charge on any atom is -0.364 e. The Hall–Kier alpha value is -3.03. The molecule has 0 aliphatic heterocycles. The minimum atomic E-state index is -0.479. The van der Waals surface area contributed by atoms with Crippen LogP contribution in [0.5, 0.6) is 0 Å². The maximum absolute atomic E-state index is 10.5. The number of anilines is 1. The van der Waals surface area contributed by atoms with Crippen LogP contribution in [0.25, 0.3) is 5.65 Å². The Kier molecular flexibility index (Phi) is 2.96. The second-order valence-corrected chi connectivity index (χ2v) is 4.05. The van der Waals surface area contributed by atoms with E-state index in [2.05, 4.69) is 20.4 Å². The maximum Gasteiger partial charge on any atom is 0.287 e. The van der Waals surface area contributed by atoms with E-state index in [9.17, 15) is 10.1 Å². The zero-order chi connectivity index (χ0) is 13.9. The molecule has 8 nitrogen and oxygen atoms in total. The van der Waals surface area contributed by atoms with Crippen LogP contribution in [0, 0.1) is 10.1 Å². The predicted molar refractivity (Wildman–Crippen MR) is 71.2 cm³/mol. The van der Waals surface area contributed by atoms with E-state index in [0.29, 0.717) is 12.4 Å². The highest BCUT2D eigenvalue weighted by Crippen LogP contribution is 2.12. The predicted octanol–water partition coefficient (Wildman–Crippen LogP) is 1.64. The van der Waals surface area contributed by atoms with Crippen molar-refractivity contribution in [2.75, 3.05) is 5.32 Å². The van der Waals surface area contributed by atoms with Crippen LogP contribution in [-0.4, -0.2) is 24.5 Å². The molecule has 3 heterocycles.